The lowest BCUT2D eigenvalue weighted by Crippen LogP contribution is -2.31. The highest BCUT2D eigenvalue weighted by atomic mass is 19.1. The monoisotopic (exact) mass is 402 g/mol. The number of nitrogens with zero attached hydrogens (tertiary/aromatic N) is 5. The highest BCUT2D eigenvalue weighted by Crippen LogP contribution is 2.16. The second kappa shape index (κ2) is 7.60. The van der Waals surface area contributed by atoms with Crippen LogP contribution in [0.4, 0.5) is 10.1 Å². The number of nitrogens with one attached hydrogen (secondary N) is 1. The lowest BCUT2D eigenvalue weighted by Gasteiger charge is -2.15. The molecule has 2 heterocycles. The van der Waals surface area contributed by atoms with E-state index in [9.17, 15) is 14.0 Å². The number of carbonyl (C=O) groups excluding carboxylic acids is 1. The lowest BCUT2D eigenvalue weighted by atomic mass is 10.2. The van der Waals surface area contributed by atoms with E-state index in [1.807, 2.05) is 6.07 Å². The molecule has 30 heavy (non-hydrogen) atoms. The Morgan fingerprint density at radius 3 is 2.73 bits per heavy atom. The van der Waals surface area contributed by atoms with E-state index < -0.39 is 17.5 Å². The summed E-state index contributed by atoms with van der Waals surface area (Å²) in [6.45, 7) is 1.57. The van der Waals surface area contributed by atoms with Gasteiger partial charge in [0.25, 0.3) is 5.56 Å². The van der Waals surface area contributed by atoms with Gasteiger partial charge in [-0.15, -0.1) is 0 Å². The van der Waals surface area contributed by atoms with Crippen LogP contribution in [0.2, 0.25) is 0 Å². The summed E-state index contributed by atoms with van der Waals surface area (Å²) in [6.07, 6.45) is 2.65. The van der Waals surface area contributed by atoms with Gasteiger partial charge in [0.1, 0.15) is 23.6 Å². The highest BCUT2D eigenvalue weighted by molar-refractivity contribution is 5.93. The summed E-state index contributed by atoms with van der Waals surface area (Å²) in [7, 11) is 0. The molecule has 0 unspecified atom stereocenters. The van der Waals surface area contributed by atoms with Crippen LogP contribution in [0.3, 0.4) is 0 Å². The predicted octanol–water partition coefficient (Wildman–Crippen LogP) is 2.79. The minimum Gasteiger partial charge on any atom is -0.324 e. The number of anilines is 1. The maximum Gasteiger partial charge on any atom is 0.265 e. The van der Waals surface area contributed by atoms with Gasteiger partial charge in [0.2, 0.25) is 5.91 Å². The maximum atomic E-state index is 13.2. The van der Waals surface area contributed by atoms with E-state index in [2.05, 4.69) is 15.4 Å². The number of amides is 1. The average Bonchev–Trinajstić information content (AvgIpc) is 3.19. The molecule has 0 aliphatic rings. The van der Waals surface area contributed by atoms with Crippen LogP contribution in [0.5, 0.6) is 0 Å². The topological polar surface area (TPSA) is 106 Å². The quantitative estimate of drug-likeness (QED) is 0.565. The molecule has 4 rings (SSSR count). The number of nitriles is 1. The standard InChI is InChI=1S/C21H15FN6O2/c1-13(20(29)26-16-4-2-3-14(9-16)10-23)27-12-24-19-18(21(27)30)11-25-28(19)17-7-5-15(22)6-8-17/h2-9,11-13H,1H3,(H,26,29)/t13-/m0/s1. The molecule has 0 saturated heterocycles. The molecule has 2 aromatic heterocycles. The van der Waals surface area contributed by atoms with Gasteiger partial charge in [-0.2, -0.15) is 10.4 Å². The second-order valence-corrected chi connectivity index (χ2v) is 6.58. The van der Waals surface area contributed by atoms with Crippen molar-refractivity contribution in [2.45, 2.75) is 13.0 Å². The van der Waals surface area contributed by atoms with Crippen molar-refractivity contribution in [1.82, 2.24) is 19.3 Å². The molecular formula is C21H15FN6O2. The Balaban J connectivity index is 1.65. The Bertz CT molecular complexity index is 1350. The molecule has 0 aliphatic carbocycles. The van der Waals surface area contributed by atoms with Crippen LogP contribution < -0.4 is 10.9 Å². The minimum atomic E-state index is -0.852. The highest BCUT2D eigenvalue weighted by Gasteiger charge is 2.20. The summed E-state index contributed by atoms with van der Waals surface area (Å²) in [6, 6.07) is 13.3. The lowest BCUT2D eigenvalue weighted by molar-refractivity contribution is -0.118. The van der Waals surface area contributed by atoms with Crippen LogP contribution >= 0.6 is 0 Å². The molecule has 148 valence electrons. The molecule has 1 N–H and O–H groups in total. The van der Waals surface area contributed by atoms with Crippen molar-refractivity contribution >= 4 is 22.6 Å². The summed E-state index contributed by atoms with van der Waals surface area (Å²) in [5.74, 6) is -0.815. The van der Waals surface area contributed by atoms with Crippen LogP contribution in [0.15, 0.2) is 65.8 Å². The van der Waals surface area contributed by atoms with Crippen molar-refractivity contribution in [2.75, 3.05) is 5.32 Å². The van der Waals surface area contributed by atoms with E-state index in [4.69, 9.17) is 5.26 Å². The Hall–Kier alpha value is -4.32. The number of hydrogen-bond donors (Lipinski definition) is 1. The molecule has 8 nitrogen and oxygen atoms in total. The van der Waals surface area contributed by atoms with Crippen molar-refractivity contribution in [2.24, 2.45) is 0 Å². The first kappa shape index (κ1) is 19.0. The van der Waals surface area contributed by atoms with Gasteiger partial charge in [0.05, 0.1) is 23.5 Å². The first-order valence-corrected chi connectivity index (χ1v) is 9.00. The van der Waals surface area contributed by atoms with E-state index in [0.717, 1.165) is 0 Å². The first-order valence-electron chi connectivity index (χ1n) is 9.00. The Morgan fingerprint density at radius 1 is 1.23 bits per heavy atom. The van der Waals surface area contributed by atoms with Gasteiger partial charge in [0.15, 0.2) is 5.65 Å². The molecular weight excluding hydrogens is 387 g/mol. The SMILES string of the molecule is C[C@@H](C(=O)Nc1cccc(C#N)c1)n1cnc2c(cnn2-c2ccc(F)cc2)c1=O. The number of carbonyl (C=O) groups is 1. The largest absolute Gasteiger partial charge is 0.324 e. The summed E-state index contributed by atoms with van der Waals surface area (Å²) in [5.41, 5.74) is 1.30. The summed E-state index contributed by atoms with van der Waals surface area (Å²) >= 11 is 0. The third-order valence-corrected chi connectivity index (χ3v) is 4.64. The van der Waals surface area contributed by atoms with Gasteiger partial charge in [-0.05, 0) is 49.4 Å². The fourth-order valence-corrected chi connectivity index (χ4v) is 3.01. The smallest absolute Gasteiger partial charge is 0.265 e. The molecule has 4 aromatic rings. The Morgan fingerprint density at radius 2 is 2.00 bits per heavy atom. The summed E-state index contributed by atoms with van der Waals surface area (Å²) in [4.78, 5) is 29.8. The maximum absolute atomic E-state index is 13.2. The Kier molecular flexibility index (Phi) is 4.82. The number of hydrogen-bond acceptors (Lipinski definition) is 5. The molecule has 1 amide bonds. The molecule has 0 saturated carbocycles. The zero-order valence-electron chi connectivity index (χ0n) is 15.8. The number of benzene rings is 2. The molecule has 0 aliphatic heterocycles. The third-order valence-electron chi connectivity index (χ3n) is 4.64. The van der Waals surface area contributed by atoms with Gasteiger partial charge >= 0.3 is 0 Å². The van der Waals surface area contributed by atoms with Crippen LogP contribution in [0.1, 0.15) is 18.5 Å². The summed E-state index contributed by atoms with van der Waals surface area (Å²) in [5, 5.41) is 16.1. The fourth-order valence-electron chi connectivity index (χ4n) is 3.01. The van der Waals surface area contributed by atoms with Crippen molar-refractivity contribution in [1.29, 1.82) is 5.26 Å². The van der Waals surface area contributed by atoms with E-state index in [0.29, 0.717) is 22.6 Å². The van der Waals surface area contributed by atoms with Crippen LogP contribution in [0, 0.1) is 17.1 Å². The molecule has 2 aromatic carbocycles. The molecule has 0 radical (unpaired) electrons. The van der Waals surface area contributed by atoms with Crippen molar-refractivity contribution in [3.63, 3.8) is 0 Å². The molecule has 0 spiro atoms. The normalized spacial score (nSPS) is 11.8. The molecule has 0 bridgehead atoms. The third kappa shape index (κ3) is 3.42. The Labute approximate surface area is 169 Å². The zero-order valence-corrected chi connectivity index (χ0v) is 15.8. The van der Waals surface area contributed by atoms with Gasteiger partial charge in [-0.1, -0.05) is 6.07 Å². The summed E-state index contributed by atoms with van der Waals surface area (Å²) < 4.78 is 15.8. The van der Waals surface area contributed by atoms with Crippen molar-refractivity contribution in [3.05, 3.63) is 82.8 Å². The molecule has 1 atom stereocenters. The van der Waals surface area contributed by atoms with Gasteiger partial charge in [-0.3, -0.25) is 14.2 Å². The van der Waals surface area contributed by atoms with Crippen LogP contribution in [-0.2, 0) is 4.79 Å². The number of fused-ring (bicyclic) bond motifs is 1. The minimum absolute atomic E-state index is 0.230. The van der Waals surface area contributed by atoms with Crippen LogP contribution in [0.25, 0.3) is 16.7 Å². The van der Waals surface area contributed by atoms with Crippen molar-refractivity contribution < 1.29 is 9.18 Å². The number of halogens is 1. The predicted molar refractivity (Wildman–Crippen MR) is 108 cm³/mol. The van der Waals surface area contributed by atoms with E-state index in [1.165, 1.54) is 46.0 Å². The van der Waals surface area contributed by atoms with Crippen LogP contribution in [-0.4, -0.2) is 25.2 Å². The van der Waals surface area contributed by atoms with E-state index in [-0.39, 0.29) is 11.2 Å². The van der Waals surface area contributed by atoms with Gasteiger partial charge in [0, 0.05) is 5.69 Å². The molecule has 0 fully saturated rings. The average molecular weight is 402 g/mol. The van der Waals surface area contributed by atoms with E-state index in [1.54, 1.807) is 31.2 Å². The van der Waals surface area contributed by atoms with Gasteiger partial charge < -0.3 is 5.32 Å². The zero-order chi connectivity index (χ0) is 21.3. The van der Waals surface area contributed by atoms with E-state index >= 15 is 0 Å². The molecule has 9 heteroatoms. The van der Waals surface area contributed by atoms with Gasteiger partial charge in [-0.25, -0.2) is 14.1 Å². The second-order valence-electron chi connectivity index (χ2n) is 6.58. The van der Waals surface area contributed by atoms with Crippen molar-refractivity contribution in [3.8, 4) is 11.8 Å². The fraction of sp³-hybridized carbons (Fsp3) is 0.0952. The number of rotatable bonds is 4. The number of aromatic nitrogens is 4. The first-order chi connectivity index (χ1) is 14.5.